The summed E-state index contributed by atoms with van der Waals surface area (Å²) in [5.41, 5.74) is 0. The number of rotatable bonds is 5. The van der Waals surface area contributed by atoms with Crippen LogP contribution in [0, 0.1) is 5.92 Å². The summed E-state index contributed by atoms with van der Waals surface area (Å²) in [5.74, 6) is -0.986. The van der Waals surface area contributed by atoms with Gasteiger partial charge < -0.3 is 25.4 Å². The monoisotopic (exact) mass is 315 g/mol. The third kappa shape index (κ3) is 4.09. The first-order chi connectivity index (χ1) is 10.3. The quantitative estimate of drug-likeness (QED) is 0.632. The Balaban J connectivity index is 2.84. The molecule has 0 spiro atoms. The number of likely N-dealkylation sites (tertiary alicyclic amines) is 1. The minimum absolute atomic E-state index is 0.181. The van der Waals surface area contributed by atoms with E-state index in [-0.39, 0.29) is 11.8 Å². The first kappa shape index (κ1) is 18.2. The first-order valence-electron chi connectivity index (χ1n) is 7.38. The minimum atomic E-state index is -1.43. The van der Waals surface area contributed by atoms with Crippen molar-refractivity contribution in [3.8, 4) is 0 Å². The molecular weight excluding hydrogens is 290 g/mol. The molecule has 0 aromatic heterocycles. The van der Waals surface area contributed by atoms with Crippen molar-refractivity contribution in [2.24, 2.45) is 5.92 Å². The fourth-order valence-electron chi connectivity index (χ4n) is 2.60. The van der Waals surface area contributed by atoms with E-state index in [1.54, 1.807) is 13.8 Å². The Hall–Kier alpha value is -1.83. The summed E-state index contributed by atoms with van der Waals surface area (Å²) < 4.78 is 4.51. The number of carbonyl (C=O) groups excluding carboxylic acids is 3. The van der Waals surface area contributed by atoms with Gasteiger partial charge in [-0.25, -0.2) is 4.79 Å². The molecule has 8 heteroatoms. The van der Waals surface area contributed by atoms with Crippen molar-refractivity contribution >= 4 is 17.9 Å². The zero-order valence-electron chi connectivity index (χ0n) is 13.5. The van der Waals surface area contributed by atoms with Gasteiger partial charge in [0.1, 0.15) is 6.04 Å². The van der Waals surface area contributed by atoms with E-state index in [4.69, 9.17) is 0 Å². The molecule has 0 aromatic rings. The molecule has 3 N–H and O–H groups in total. The number of ether oxygens (including phenoxy) is 1. The molecule has 0 aromatic carbocycles. The zero-order valence-corrected chi connectivity index (χ0v) is 13.5. The topological polar surface area (TPSA) is 108 Å². The largest absolute Gasteiger partial charge is 0.453 e. The molecule has 0 saturated carbocycles. The maximum absolute atomic E-state index is 12.5. The molecule has 1 rings (SSSR count). The number of alkyl carbamates (subject to hydrolysis) is 1. The molecule has 22 heavy (non-hydrogen) atoms. The number of likely N-dealkylation sites (N-methyl/N-ethyl adjacent to an activating group) is 1. The fraction of sp³-hybridized carbons (Fsp3) is 0.786. The van der Waals surface area contributed by atoms with E-state index in [0.717, 1.165) is 0 Å². The van der Waals surface area contributed by atoms with Crippen LogP contribution in [-0.2, 0) is 14.3 Å². The van der Waals surface area contributed by atoms with Gasteiger partial charge in [0.05, 0.1) is 13.2 Å². The number of amides is 3. The lowest BCUT2D eigenvalue weighted by Crippen LogP contribution is -2.56. The Kier molecular flexibility index (Phi) is 6.61. The lowest BCUT2D eigenvalue weighted by molar-refractivity contribution is -0.146. The van der Waals surface area contributed by atoms with Gasteiger partial charge in [0.25, 0.3) is 5.91 Å². The second kappa shape index (κ2) is 7.98. The van der Waals surface area contributed by atoms with Gasteiger partial charge in [-0.15, -0.1) is 0 Å². The molecular formula is C14H25N3O5. The van der Waals surface area contributed by atoms with E-state index >= 15 is 0 Å². The maximum atomic E-state index is 12.5. The number of hydrogen-bond donors (Lipinski definition) is 3. The summed E-state index contributed by atoms with van der Waals surface area (Å²) in [7, 11) is 2.72. The van der Waals surface area contributed by atoms with Gasteiger partial charge in [-0.05, 0) is 18.8 Å². The molecule has 3 amide bonds. The maximum Gasteiger partial charge on any atom is 0.407 e. The molecule has 126 valence electrons. The van der Waals surface area contributed by atoms with Crippen LogP contribution in [0.4, 0.5) is 4.79 Å². The van der Waals surface area contributed by atoms with Crippen LogP contribution in [-0.4, -0.2) is 66.8 Å². The zero-order chi connectivity index (χ0) is 16.9. The predicted octanol–water partition coefficient (Wildman–Crippen LogP) is -0.535. The molecule has 1 aliphatic heterocycles. The van der Waals surface area contributed by atoms with E-state index in [1.165, 1.54) is 19.1 Å². The van der Waals surface area contributed by atoms with Crippen molar-refractivity contribution in [3.05, 3.63) is 0 Å². The van der Waals surface area contributed by atoms with E-state index in [2.05, 4.69) is 15.4 Å². The van der Waals surface area contributed by atoms with Crippen LogP contribution in [0.3, 0.4) is 0 Å². The molecule has 1 fully saturated rings. The minimum Gasteiger partial charge on any atom is -0.453 e. The van der Waals surface area contributed by atoms with Gasteiger partial charge in [-0.3, -0.25) is 9.59 Å². The lowest BCUT2D eigenvalue weighted by Gasteiger charge is -2.31. The first-order valence-corrected chi connectivity index (χ1v) is 7.38. The lowest BCUT2D eigenvalue weighted by atomic mass is 9.97. The number of aliphatic hydroxyl groups excluding tert-OH is 1. The highest BCUT2D eigenvalue weighted by Gasteiger charge is 2.40. The van der Waals surface area contributed by atoms with Crippen LogP contribution in [0.25, 0.3) is 0 Å². The van der Waals surface area contributed by atoms with Gasteiger partial charge in [0, 0.05) is 13.6 Å². The summed E-state index contributed by atoms with van der Waals surface area (Å²) in [6, 6.07) is -1.36. The molecule has 3 atom stereocenters. The van der Waals surface area contributed by atoms with Crippen molar-refractivity contribution in [1.82, 2.24) is 15.5 Å². The highest BCUT2D eigenvalue weighted by Crippen LogP contribution is 2.20. The van der Waals surface area contributed by atoms with Crippen LogP contribution in [0.1, 0.15) is 26.7 Å². The molecule has 0 radical (unpaired) electrons. The fourth-order valence-corrected chi connectivity index (χ4v) is 2.60. The van der Waals surface area contributed by atoms with Crippen LogP contribution >= 0.6 is 0 Å². The molecule has 0 aliphatic carbocycles. The van der Waals surface area contributed by atoms with Gasteiger partial charge in [0.15, 0.2) is 6.10 Å². The Morgan fingerprint density at radius 1 is 1.32 bits per heavy atom. The Labute approximate surface area is 130 Å². The summed E-state index contributed by atoms with van der Waals surface area (Å²) in [5, 5.41) is 15.3. The summed E-state index contributed by atoms with van der Waals surface area (Å²) >= 11 is 0. The number of hydrogen-bond acceptors (Lipinski definition) is 5. The molecule has 0 bridgehead atoms. The van der Waals surface area contributed by atoms with Crippen molar-refractivity contribution in [1.29, 1.82) is 0 Å². The normalized spacial score (nSPS) is 20.5. The van der Waals surface area contributed by atoms with Crippen LogP contribution < -0.4 is 10.6 Å². The highest BCUT2D eigenvalue weighted by molar-refractivity contribution is 5.90. The third-order valence-corrected chi connectivity index (χ3v) is 3.87. The standard InChI is InChI=1S/C14H25N3O5/c1-8(2)10(16-14(21)22-4)11(18)13(20)17-7-5-6-9(17)12(19)15-3/h8-11,18H,5-7H2,1-4H3,(H,15,19)(H,16,21). The molecule has 8 nitrogen and oxygen atoms in total. The predicted molar refractivity (Wildman–Crippen MR) is 79.0 cm³/mol. The summed E-state index contributed by atoms with van der Waals surface area (Å²) in [4.78, 5) is 37.0. The highest BCUT2D eigenvalue weighted by atomic mass is 16.5. The number of nitrogens with zero attached hydrogens (tertiary/aromatic N) is 1. The Bertz CT molecular complexity index is 427. The SMILES string of the molecule is CNC(=O)C1CCCN1C(=O)C(O)C(NC(=O)OC)C(C)C. The second-order valence-corrected chi connectivity index (χ2v) is 5.65. The van der Waals surface area contributed by atoms with Crippen LogP contribution in [0.5, 0.6) is 0 Å². The van der Waals surface area contributed by atoms with Gasteiger partial charge in [-0.1, -0.05) is 13.8 Å². The van der Waals surface area contributed by atoms with Gasteiger partial charge in [0.2, 0.25) is 5.91 Å². The Morgan fingerprint density at radius 2 is 1.95 bits per heavy atom. The summed E-state index contributed by atoms with van der Waals surface area (Å²) in [6.07, 6.45) is -0.874. The molecule has 3 unspecified atom stereocenters. The van der Waals surface area contributed by atoms with Crippen LogP contribution in [0.2, 0.25) is 0 Å². The number of nitrogens with one attached hydrogen (secondary N) is 2. The number of carbonyl (C=O) groups is 3. The molecule has 1 heterocycles. The van der Waals surface area contributed by atoms with Crippen molar-refractivity contribution < 1.29 is 24.2 Å². The van der Waals surface area contributed by atoms with E-state index in [9.17, 15) is 19.5 Å². The van der Waals surface area contributed by atoms with Crippen molar-refractivity contribution in [3.63, 3.8) is 0 Å². The van der Waals surface area contributed by atoms with Gasteiger partial charge >= 0.3 is 6.09 Å². The average Bonchev–Trinajstić information content (AvgIpc) is 2.99. The van der Waals surface area contributed by atoms with Crippen molar-refractivity contribution in [2.75, 3.05) is 20.7 Å². The number of aliphatic hydroxyl groups is 1. The Morgan fingerprint density at radius 3 is 2.45 bits per heavy atom. The van der Waals surface area contributed by atoms with Gasteiger partial charge in [-0.2, -0.15) is 0 Å². The molecule has 1 saturated heterocycles. The van der Waals surface area contributed by atoms with Crippen LogP contribution in [0.15, 0.2) is 0 Å². The van der Waals surface area contributed by atoms with E-state index in [0.29, 0.717) is 19.4 Å². The summed E-state index contributed by atoms with van der Waals surface area (Å²) in [6.45, 7) is 3.96. The van der Waals surface area contributed by atoms with E-state index in [1.807, 2.05) is 0 Å². The smallest absolute Gasteiger partial charge is 0.407 e. The van der Waals surface area contributed by atoms with E-state index < -0.39 is 30.2 Å². The second-order valence-electron chi connectivity index (χ2n) is 5.65. The van der Waals surface area contributed by atoms with Crippen molar-refractivity contribution in [2.45, 2.75) is 44.9 Å². The average molecular weight is 315 g/mol. The number of methoxy groups -OCH3 is 1. The molecule has 1 aliphatic rings. The third-order valence-electron chi connectivity index (χ3n) is 3.87.